The first kappa shape index (κ1) is 19.3. The summed E-state index contributed by atoms with van der Waals surface area (Å²) in [7, 11) is 0. The van der Waals surface area contributed by atoms with Gasteiger partial charge in [-0.25, -0.2) is 4.79 Å². The molecule has 2 heterocycles. The van der Waals surface area contributed by atoms with E-state index >= 15 is 0 Å². The van der Waals surface area contributed by atoms with Gasteiger partial charge in [0.2, 0.25) is 0 Å². The van der Waals surface area contributed by atoms with Crippen molar-refractivity contribution in [2.24, 2.45) is 20.5 Å². The predicted molar refractivity (Wildman–Crippen MR) is 106 cm³/mol. The number of benzene rings is 1. The number of carbonyl (C=O) groups is 1. The van der Waals surface area contributed by atoms with E-state index in [1.54, 1.807) is 13.0 Å². The minimum absolute atomic E-state index is 0.0608. The molecule has 0 spiro atoms. The van der Waals surface area contributed by atoms with E-state index in [-0.39, 0.29) is 52.5 Å². The number of rotatable bonds is 6. The molecule has 1 aromatic carbocycles. The number of nitrogens with one attached hydrogen (secondary N) is 2. The summed E-state index contributed by atoms with van der Waals surface area (Å²) in [5.41, 5.74) is 23.7. The molecular weight excluding hydrogens is 380 g/mol. The van der Waals surface area contributed by atoms with Crippen LogP contribution in [-0.4, -0.2) is 33.0 Å². The van der Waals surface area contributed by atoms with Crippen molar-refractivity contribution in [2.45, 2.75) is 6.92 Å². The Morgan fingerprint density at radius 1 is 0.966 bits per heavy atom. The molecule has 29 heavy (non-hydrogen) atoms. The maximum atomic E-state index is 12.2. The van der Waals surface area contributed by atoms with Crippen LogP contribution in [0.15, 0.2) is 38.7 Å². The molecule has 0 aliphatic heterocycles. The van der Waals surface area contributed by atoms with Crippen LogP contribution < -0.4 is 22.9 Å². The number of anilines is 4. The van der Waals surface area contributed by atoms with Gasteiger partial charge in [0.25, 0.3) is 0 Å². The molecule has 0 saturated heterocycles. The summed E-state index contributed by atoms with van der Waals surface area (Å²) in [5, 5.41) is 28.4. The van der Waals surface area contributed by atoms with E-state index in [0.29, 0.717) is 5.69 Å². The summed E-state index contributed by atoms with van der Waals surface area (Å²) in [6.45, 7) is 1.88. The van der Waals surface area contributed by atoms with E-state index in [4.69, 9.17) is 27.7 Å². The lowest BCUT2D eigenvalue weighted by Crippen LogP contribution is -2.04. The number of azo groups is 2. The maximum absolute atomic E-state index is 12.2. The van der Waals surface area contributed by atoms with Crippen LogP contribution in [0, 0.1) is 0 Å². The van der Waals surface area contributed by atoms with Crippen molar-refractivity contribution in [1.82, 2.24) is 20.4 Å². The van der Waals surface area contributed by atoms with Gasteiger partial charge in [-0.15, -0.1) is 15.3 Å². The molecule has 3 aromatic rings. The van der Waals surface area contributed by atoms with E-state index in [0.717, 1.165) is 0 Å². The van der Waals surface area contributed by atoms with Gasteiger partial charge >= 0.3 is 5.97 Å². The molecule has 2 aromatic heterocycles. The number of H-pyrrole nitrogens is 2. The fraction of sp³-hybridized carbons (Fsp3) is 0.133. The molecule has 3 rings (SSSR count). The Morgan fingerprint density at radius 3 is 2.07 bits per heavy atom. The highest BCUT2D eigenvalue weighted by Crippen LogP contribution is 2.33. The van der Waals surface area contributed by atoms with E-state index in [1.165, 1.54) is 12.1 Å². The van der Waals surface area contributed by atoms with Gasteiger partial charge in [-0.3, -0.25) is 10.2 Å². The topological polar surface area (TPSA) is 237 Å². The van der Waals surface area contributed by atoms with Crippen molar-refractivity contribution >= 4 is 52.0 Å². The average molecular weight is 398 g/mol. The van der Waals surface area contributed by atoms with E-state index < -0.39 is 5.97 Å². The number of aromatic nitrogens is 4. The van der Waals surface area contributed by atoms with Crippen molar-refractivity contribution in [3.63, 3.8) is 0 Å². The highest BCUT2D eigenvalue weighted by molar-refractivity contribution is 5.95. The maximum Gasteiger partial charge on any atom is 0.340 e. The van der Waals surface area contributed by atoms with Gasteiger partial charge in [0.15, 0.2) is 23.0 Å². The highest BCUT2D eigenvalue weighted by Gasteiger charge is 2.15. The minimum Gasteiger partial charge on any atom is -0.462 e. The third kappa shape index (κ3) is 4.10. The number of nitrogen functional groups attached to an aromatic ring is 4. The van der Waals surface area contributed by atoms with Crippen molar-refractivity contribution in [1.29, 1.82) is 0 Å². The third-order valence-electron chi connectivity index (χ3n) is 3.59. The van der Waals surface area contributed by atoms with E-state index in [2.05, 4.69) is 40.9 Å². The van der Waals surface area contributed by atoms with Gasteiger partial charge in [-0.1, -0.05) is 0 Å². The predicted octanol–water partition coefficient (Wildman–Crippen LogP) is 2.47. The van der Waals surface area contributed by atoms with Crippen molar-refractivity contribution in [2.75, 3.05) is 29.5 Å². The van der Waals surface area contributed by atoms with Gasteiger partial charge in [-0.05, 0) is 25.1 Å². The third-order valence-corrected chi connectivity index (χ3v) is 3.59. The molecule has 0 unspecified atom stereocenters. The second-order valence-electron chi connectivity index (χ2n) is 5.56. The van der Waals surface area contributed by atoms with Crippen LogP contribution >= 0.6 is 0 Å². The number of aromatic amines is 2. The molecule has 14 heteroatoms. The monoisotopic (exact) mass is 398 g/mol. The van der Waals surface area contributed by atoms with Crippen molar-refractivity contribution in [3.8, 4) is 0 Å². The molecule has 0 bridgehead atoms. The Balaban J connectivity index is 1.99. The van der Waals surface area contributed by atoms with Gasteiger partial charge in [0.05, 0.1) is 17.9 Å². The van der Waals surface area contributed by atoms with Gasteiger partial charge in [-0.2, -0.15) is 15.3 Å². The van der Waals surface area contributed by atoms with Crippen LogP contribution in [0.3, 0.4) is 0 Å². The van der Waals surface area contributed by atoms with E-state index in [1.807, 2.05) is 0 Å². The standard InChI is InChI=1S/C15H18N12O2/c1-2-29-15(28)7-4-3-6(20-22-9-11(16)24-25-12(9)17)5-8(7)21-23-10-13(18)26-27-14(10)19/h3-5H,2H2,1H3,(H5,16,17,24,25)(H5,18,19,26,27). The first-order valence-corrected chi connectivity index (χ1v) is 8.24. The van der Waals surface area contributed by atoms with Crippen LogP contribution in [0.4, 0.5) is 46.0 Å². The van der Waals surface area contributed by atoms with Crippen LogP contribution in [0.25, 0.3) is 0 Å². The molecule has 0 aliphatic rings. The highest BCUT2D eigenvalue weighted by atomic mass is 16.5. The van der Waals surface area contributed by atoms with E-state index in [9.17, 15) is 4.79 Å². The summed E-state index contributed by atoms with van der Waals surface area (Å²) in [5.74, 6) is -0.127. The normalized spacial score (nSPS) is 11.5. The van der Waals surface area contributed by atoms with Crippen LogP contribution in [0.5, 0.6) is 0 Å². The lowest BCUT2D eigenvalue weighted by Gasteiger charge is -2.05. The second kappa shape index (κ2) is 8.03. The van der Waals surface area contributed by atoms with Crippen LogP contribution in [-0.2, 0) is 4.74 Å². The summed E-state index contributed by atoms with van der Waals surface area (Å²) >= 11 is 0. The molecule has 0 saturated carbocycles. The number of nitrogens with zero attached hydrogens (tertiary/aromatic N) is 6. The molecule has 14 nitrogen and oxygen atoms in total. The number of ether oxygens (including phenoxy) is 1. The lowest BCUT2D eigenvalue weighted by molar-refractivity contribution is 0.0527. The summed E-state index contributed by atoms with van der Waals surface area (Å²) in [6.07, 6.45) is 0. The minimum atomic E-state index is -0.582. The van der Waals surface area contributed by atoms with Gasteiger partial charge in [0, 0.05) is 0 Å². The molecule has 0 atom stereocenters. The quantitative estimate of drug-likeness (QED) is 0.265. The zero-order valence-electron chi connectivity index (χ0n) is 15.2. The SMILES string of the molecule is CCOC(=O)c1ccc(N=Nc2c(N)n[nH]c2N)cc1N=Nc1c(N)n[nH]c1N. The number of nitrogens with two attached hydrogens (primary N) is 4. The summed E-state index contributed by atoms with van der Waals surface area (Å²) in [6, 6.07) is 4.49. The molecule has 0 aliphatic carbocycles. The first-order valence-electron chi connectivity index (χ1n) is 8.24. The molecule has 10 N–H and O–H groups in total. The Kier molecular flexibility index (Phi) is 5.34. The van der Waals surface area contributed by atoms with Crippen molar-refractivity contribution < 1.29 is 9.53 Å². The molecular formula is C15H18N12O2. The number of carbonyl (C=O) groups excluding carboxylic acids is 1. The zero-order valence-corrected chi connectivity index (χ0v) is 15.2. The summed E-state index contributed by atoms with van der Waals surface area (Å²) in [4.78, 5) is 12.2. The Bertz CT molecular complexity index is 1060. The number of esters is 1. The zero-order chi connectivity index (χ0) is 21.0. The fourth-order valence-electron chi connectivity index (χ4n) is 2.20. The Hall–Kier alpha value is -4.49. The number of hydrogen-bond acceptors (Lipinski definition) is 12. The van der Waals surface area contributed by atoms with Crippen LogP contribution in [0.1, 0.15) is 17.3 Å². The summed E-state index contributed by atoms with van der Waals surface area (Å²) < 4.78 is 5.04. The fourth-order valence-corrected chi connectivity index (χ4v) is 2.20. The lowest BCUT2D eigenvalue weighted by atomic mass is 10.1. The first-order chi connectivity index (χ1) is 13.9. The van der Waals surface area contributed by atoms with Crippen molar-refractivity contribution in [3.05, 3.63) is 23.8 Å². The Morgan fingerprint density at radius 2 is 1.55 bits per heavy atom. The molecule has 0 radical (unpaired) electrons. The average Bonchev–Trinajstić information content (AvgIpc) is 3.19. The van der Waals surface area contributed by atoms with Gasteiger partial charge < -0.3 is 27.7 Å². The number of hydrogen-bond donors (Lipinski definition) is 6. The largest absolute Gasteiger partial charge is 0.462 e. The molecule has 0 amide bonds. The smallest absolute Gasteiger partial charge is 0.340 e. The second-order valence-corrected chi connectivity index (χ2v) is 5.56. The van der Waals surface area contributed by atoms with Crippen LogP contribution in [0.2, 0.25) is 0 Å². The molecule has 0 fully saturated rings. The Labute approximate surface area is 163 Å². The molecule has 150 valence electrons. The van der Waals surface area contributed by atoms with Gasteiger partial charge in [0.1, 0.15) is 17.3 Å².